The van der Waals surface area contributed by atoms with Crippen LogP contribution in [0.5, 0.6) is 11.5 Å². The molecule has 4 rings (SSSR count). The first-order valence-electron chi connectivity index (χ1n) is 8.01. The zero-order valence-electron chi connectivity index (χ0n) is 13.1. The minimum Gasteiger partial charge on any atom is -0.493 e. The molecule has 1 N–H and O–H groups in total. The molecule has 0 aliphatic carbocycles. The lowest BCUT2D eigenvalue weighted by molar-refractivity contribution is 0.0947. The van der Waals surface area contributed by atoms with Crippen LogP contribution >= 0.6 is 0 Å². The highest BCUT2D eigenvalue weighted by atomic mass is 16.5. The van der Waals surface area contributed by atoms with Crippen molar-refractivity contribution in [2.24, 2.45) is 0 Å². The van der Waals surface area contributed by atoms with Crippen LogP contribution in [0, 0.1) is 6.92 Å². The van der Waals surface area contributed by atoms with Crippen LogP contribution in [0.1, 0.15) is 32.6 Å². The van der Waals surface area contributed by atoms with Gasteiger partial charge in [0.05, 0.1) is 18.8 Å². The van der Waals surface area contributed by atoms with E-state index in [0.29, 0.717) is 25.3 Å². The maximum atomic E-state index is 12.8. The minimum atomic E-state index is -0.0752. The van der Waals surface area contributed by atoms with Gasteiger partial charge in [0.1, 0.15) is 11.5 Å². The molecule has 2 heterocycles. The average Bonchev–Trinajstić information content (AvgIpc) is 3.19. The Balaban J connectivity index is 1.63. The Morgan fingerprint density at radius 2 is 2.00 bits per heavy atom. The van der Waals surface area contributed by atoms with Crippen molar-refractivity contribution >= 4 is 5.91 Å². The number of aryl methyl sites for hydroxylation is 1. The molecule has 0 spiro atoms. The Morgan fingerprint density at radius 1 is 1.17 bits per heavy atom. The van der Waals surface area contributed by atoms with E-state index >= 15 is 0 Å². The number of amides is 1. The minimum absolute atomic E-state index is 0.0752. The maximum absolute atomic E-state index is 12.8. The van der Waals surface area contributed by atoms with Crippen molar-refractivity contribution in [2.45, 2.75) is 26.3 Å². The Morgan fingerprint density at radius 3 is 2.87 bits per heavy atom. The molecule has 118 valence electrons. The summed E-state index contributed by atoms with van der Waals surface area (Å²) in [4.78, 5) is 12.8. The highest BCUT2D eigenvalue weighted by Crippen LogP contribution is 2.40. The highest BCUT2D eigenvalue weighted by Gasteiger charge is 2.30. The van der Waals surface area contributed by atoms with Gasteiger partial charge in [-0.2, -0.15) is 0 Å². The van der Waals surface area contributed by atoms with E-state index in [2.05, 4.69) is 18.3 Å². The van der Waals surface area contributed by atoms with Gasteiger partial charge in [0.2, 0.25) is 0 Å². The second-order valence-electron chi connectivity index (χ2n) is 6.02. The highest BCUT2D eigenvalue weighted by molar-refractivity contribution is 6.00. The summed E-state index contributed by atoms with van der Waals surface area (Å²) in [5.74, 6) is 1.51. The molecule has 0 saturated carbocycles. The molecule has 2 aromatic carbocycles. The average molecular weight is 309 g/mol. The molecule has 0 aromatic heterocycles. The van der Waals surface area contributed by atoms with Gasteiger partial charge in [-0.25, -0.2) is 0 Å². The van der Waals surface area contributed by atoms with E-state index in [9.17, 15) is 4.79 Å². The number of benzene rings is 2. The number of hydrogen-bond acceptors (Lipinski definition) is 3. The van der Waals surface area contributed by atoms with Crippen LogP contribution in [0.15, 0.2) is 30.3 Å². The number of ether oxygens (including phenoxy) is 2. The van der Waals surface area contributed by atoms with Crippen molar-refractivity contribution in [2.75, 3.05) is 13.2 Å². The molecule has 2 aromatic rings. The second kappa shape index (κ2) is 5.61. The van der Waals surface area contributed by atoms with Gasteiger partial charge in [0.15, 0.2) is 0 Å². The van der Waals surface area contributed by atoms with E-state index in [0.717, 1.165) is 41.0 Å². The summed E-state index contributed by atoms with van der Waals surface area (Å²) in [7, 11) is 0. The van der Waals surface area contributed by atoms with Gasteiger partial charge in [-0.15, -0.1) is 0 Å². The molecule has 0 radical (unpaired) electrons. The molecule has 0 saturated heterocycles. The van der Waals surface area contributed by atoms with Crippen LogP contribution in [0.4, 0.5) is 0 Å². The quantitative estimate of drug-likeness (QED) is 0.948. The third kappa shape index (κ3) is 2.44. The molecule has 23 heavy (non-hydrogen) atoms. The summed E-state index contributed by atoms with van der Waals surface area (Å²) in [6.07, 6.45) is 1.60. The van der Waals surface area contributed by atoms with E-state index in [1.807, 2.05) is 24.3 Å². The number of fused-ring (bicyclic) bond motifs is 2. The van der Waals surface area contributed by atoms with Crippen LogP contribution in [0.2, 0.25) is 0 Å². The van der Waals surface area contributed by atoms with Crippen molar-refractivity contribution < 1.29 is 14.3 Å². The zero-order valence-corrected chi connectivity index (χ0v) is 13.1. The van der Waals surface area contributed by atoms with Gasteiger partial charge in [0.25, 0.3) is 5.91 Å². The number of rotatable bonds is 3. The fourth-order valence-electron chi connectivity index (χ4n) is 3.30. The Hall–Kier alpha value is -2.49. The molecule has 1 amide bonds. The first-order valence-corrected chi connectivity index (χ1v) is 8.01. The predicted molar refractivity (Wildman–Crippen MR) is 87.2 cm³/mol. The van der Waals surface area contributed by atoms with E-state index in [1.54, 1.807) is 0 Å². The van der Waals surface area contributed by atoms with E-state index in [-0.39, 0.29) is 5.91 Å². The third-order valence-corrected chi connectivity index (χ3v) is 4.58. The normalized spacial score (nSPS) is 14.7. The van der Waals surface area contributed by atoms with Gasteiger partial charge in [-0.05, 0) is 24.1 Å². The monoisotopic (exact) mass is 309 g/mol. The Bertz CT molecular complexity index is 750. The van der Waals surface area contributed by atoms with Crippen LogP contribution in [0.3, 0.4) is 0 Å². The van der Waals surface area contributed by atoms with Gasteiger partial charge in [-0.1, -0.05) is 24.3 Å². The van der Waals surface area contributed by atoms with Crippen molar-refractivity contribution in [3.05, 3.63) is 58.1 Å². The maximum Gasteiger partial charge on any atom is 0.255 e. The lowest BCUT2D eigenvalue weighted by Gasteiger charge is -2.13. The first kappa shape index (κ1) is 14.1. The van der Waals surface area contributed by atoms with E-state index in [1.165, 1.54) is 5.56 Å². The Labute approximate surface area is 135 Å². The van der Waals surface area contributed by atoms with Crippen molar-refractivity contribution in [3.63, 3.8) is 0 Å². The molecule has 2 aliphatic heterocycles. The summed E-state index contributed by atoms with van der Waals surface area (Å²) in [6.45, 7) is 3.84. The topological polar surface area (TPSA) is 47.6 Å². The molecule has 0 fully saturated rings. The fraction of sp³-hybridized carbons (Fsp3) is 0.316. The van der Waals surface area contributed by atoms with Gasteiger partial charge < -0.3 is 14.8 Å². The van der Waals surface area contributed by atoms with Gasteiger partial charge >= 0.3 is 0 Å². The molecule has 0 bridgehead atoms. The van der Waals surface area contributed by atoms with Crippen LogP contribution in [-0.4, -0.2) is 19.1 Å². The lowest BCUT2D eigenvalue weighted by Crippen LogP contribution is -2.25. The Kier molecular flexibility index (Phi) is 3.45. The van der Waals surface area contributed by atoms with Crippen LogP contribution < -0.4 is 14.8 Å². The molecular formula is C19H19NO3. The molecule has 0 atom stereocenters. The van der Waals surface area contributed by atoms with Crippen molar-refractivity contribution in [1.82, 2.24) is 5.32 Å². The van der Waals surface area contributed by atoms with Crippen molar-refractivity contribution in [3.8, 4) is 11.5 Å². The number of hydrogen-bond donors (Lipinski definition) is 1. The summed E-state index contributed by atoms with van der Waals surface area (Å²) in [5.41, 5.74) is 5.03. The molecule has 0 unspecified atom stereocenters. The molecule has 4 nitrogen and oxygen atoms in total. The zero-order chi connectivity index (χ0) is 15.8. The SMILES string of the molecule is Cc1ccccc1CNC(=O)c1c2c(cc3c1OCC3)OCC2. The number of carbonyl (C=O) groups excluding carboxylic acids is 1. The van der Waals surface area contributed by atoms with Gasteiger partial charge in [-0.3, -0.25) is 4.79 Å². The molecule has 4 heteroatoms. The summed E-state index contributed by atoms with van der Waals surface area (Å²) in [6, 6.07) is 10.1. The summed E-state index contributed by atoms with van der Waals surface area (Å²) in [5, 5.41) is 3.04. The summed E-state index contributed by atoms with van der Waals surface area (Å²) < 4.78 is 11.4. The number of nitrogens with one attached hydrogen (secondary N) is 1. The predicted octanol–water partition coefficient (Wildman–Crippen LogP) is 2.79. The van der Waals surface area contributed by atoms with Gasteiger partial charge in [0, 0.05) is 30.5 Å². The van der Waals surface area contributed by atoms with Crippen LogP contribution in [-0.2, 0) is 19.4 Å². The molecule has 2 aliphatic rings. The smallest absolute Gasteiger partial charge is 0.255 e. The first-order chi connectivity index (χ1) is 11.2. The largest absolute Gasteiger partial charge is 0.493 e. The second-order valence-corrected chi connectivity index (χ2v) is 6.02. The van der Waals surface area contributed by atoms with Crippen molar-refractivity contribution in [1.29, 1.82) is 0 Å². The fourth-order valence-corrected chi connectivity index (χ4v) is 3.30. The summed E-state index contributed by atoms with van der Waals surface area (Å²) >= 11 is 0. The van der Waals surface area contributed by atoms with E-state index in [4.69, 9.17) is 9.47 Å². The molecular weight excluding hydrogens is 290 g/mol. The lowest BCUT2D eigenvalue weighted by atomic mass is 9.99. The van der Waals surface area contributed by atoms with E-state index < -0.39 is 0 Å². The third-order valence-electron chi connectivity index (χ3n) is 4.58. The standard InChI is InChI=1S/C19H19NO3/c1-12-4-2-3-5-14(12)11-20-19(21)17-15-7-9-22-16(15)10-13-6-8-23-18(13)17/h2-5,10H,6-9,11H2,1H3,(H,20,21). The number of carbonyl (C=O) groups is 1. The van der Waals surface area contributed by atoms with Crippen LogP contribution in [0.25, 0.3) is 0 Å².